The van der Waals surface area contributed by atoms with Crippen LogP contribution >= 0.6 is 27.5 Å². The third-order valence-electron chi connectivity index (χ3n) is 2.76. The molecular weight excluding hydrogens is 314 g/mol. The normalized spacial score (nSPS) is 10.4. The number of halogens is 2. The van der Waals surface area contributed by atoms with Crippen LogP contribution in [0.1, 0.15) is 25.3 Å². The third-order valence-corrected chi connectivity index (χ3v) is 3.36. The lowest BCUT2D eigenvalue weighted by molar-refractivity contribution is -0.130. The Bertz CT molecular complexity index is 367. The number of benzene rings is 1. The summed E-state index contributed by atoms with van der Waals surface area (Å²) in [5, 5.41) is 1.53. The highest BCUT2D eigenvalue weighted by molar-refractivity contribution is 9.09. The Morgan fingerprint density at radius 1 is 1.28 bits per heavy atom. The Balaban J connectivity index is 2.57. The van der Waals surface area contributed by atoms with Gasteiger partial charge in [0, 0.05) is 23.4 Å². The molecule has 0 aromatic heterocycles. The molecule has 1 aromatic rings. The second-order valence-corrected chi connectivity index (χ2v) is 5.46. The van der Waals surface area contributed by atoms with Gasteiger partial charge in [0.1, 0.15) is 0 Å². The number of carbonyl (C=O) groups is 1. The van der Waals surface area contributed by atoms with Crippen LogP contribution in [0.25, 0.3) is 0 Å². The van der Waals surface area contributed by atoms with Crippen molar-refractivity contribution in [2.45, 2.75) is 26.2 Å². The molecule has 0 aliphatic rings. The molecule has 0 heterocycles. The molecular formula is C14H19BrClNO. The molecule has 0 spiro atoms. The van der Waals surface area contributed by atoms with Crippen LogP contribution in [0.3, 0.4) is 0 Å². The van der Waals surface area contributed by atoms with Gasteiger partial charge in [0.05, 0.1) is 6.42 Å². The highest BCUT2D eigenvalue weighted by Gasteiger charge is 2.12. The smallest absolute Gasteiger partial charge is 0.227 e. The van der Waals surface area contributed by atoms with E-state index < -0.39 is 0 Å². The van der Waals surface area contributed by atoms with Gasteiger partial charge in [-0.3, -0.25) is 4.79 Å². The molecule has 0 atom stereocenters. The summed E-state index contributed by atoms with van der Waals surface area (Å²) in [6, 6.07) is 7.47. The van der Waals surface area contributed by atoms with Crippen LogP contribution in [0, 0.1) is 0 Å². The van der Waals surface area contributed by atoms with Crippen molar-refractivity contribution in [2.24, 2.45) is 0 Å². The second-order valence-electron chi connectivity index (χ2n) is 4.23. The van der Waals surface area contributed by atoms with Gasteiger partial charge in [-0.2, -0.15) is 0 Å². The monoisotopic (exact) mass is 331 g/mol. The number of hydrogen-bond donors (Lipinski definition) is 0. The fraction of sp³-hybridized carbons (Fsp3) is 0.500. The third kappa shape index (κ3) is 5.40. The Morgan fingerprint density at radius 3 is 2.50 bits per heavy atom. The highest BCUT2D eigenvalue weighted by atomic mass is 79.9. The van der Waals surface area contributed by atoms with Crippen LogP contribution in [-0.4, -0.2) is 29.2 Å². The van der Waals surface area contributed by atoms with E-state index in [1.54, 1.807) is 0 Å². The first-order valence-electron chi connectivity index (χ1n) is 6.25. The van der Waals surface area contributed by atoms with Crippen LogP contribution in [-0.2, 0) is 11.2 Å². The lowest BCUT2D eigenvalue weighted by atomic mass is 10.1. The van der Waals surface area contributed by atoms with E-state index in [0.717, 1.165) is 36.8 Å². The van der Waals surface area contributed by atoms with Gasteiger partial charge in [0.2, 0.25) is 5.91 Å². The average Bonchev–Trinajstić information content (AvgIpc) is 2.37. The number of unbranched alkanes of at least 4 members (excludes halogenated alkanes) is 1. The standard InChI is InChI=1S/C14H19BrClNO/c1-2-3-9-17(10-8-15)14(18)11-12-4-6-13(16)7-5-12/h4-7H,2-3,8-11H2,1H3. The molecule has 0 saturated heterocycles. The van der Waals surface area contributed by atoms with Crippen molar-refractivity contribution >= 4 is 33.4 Å². The molecule has 0 radical (unpaired) electrons. The molecule has 0 unspecified atom stereocenters. The van der Waals surface area contributed by atoms with Gasteiger partial charge in [0.15, 0.2) is 0 Å². The molecule has 0 N–H and O–H groups in total. The summed E-state index contributed by atoms with van der Waals surface area (Å²) in [4.78, 5) is 14.1. The highest BCUT2D eigenvalue weighted by Crippen LogP contribution is 2.11. The Morgan fingerprint density at radius 2 is 1.94 bits per heavy atom. The maximum absolute atomic E-state index is 12.2. The summed E-state index contributed by atoms with van der Waals surface area (Å²) in [5.74, 6) is 0.185. The minimum atomic E-state index is 0.185. The van der Waals surface area contributed by atoms with E-state index in [2.05, 4.69) is 22.9 Å². The zero-order valence-corrected chi connectivity index (χ0v) is 13.0. The summed E-state index contributed by atoms with van der Waals surface area (Å²) in [7, 11) is 0. The van der Waals surface area contributed by atoms with Crippen molar-refractivity contribution < 1.29 is 4.79 Å². The lowest BCUT2D eigenvalue weighted by Gasteiger charge is -2.21. The van der Waals surface area contributed by atoms with E-state index in [-0.39, 0.29) is 5.91 Å². The number of amides is 1. The number of nitrogens with zero attached hydrogens (tertiary/aromatic N) is 1. The molecule has 0 saturated carbocycles. The van der Waals surface area contributed by atoms with Crippen LogP contribution in [0.2, 0.25) is 5.02 Å². The fourth-order valence-electron chi connectivity index (χ4n) is 1.70. The zero-order valence-electron chi connectivity index (χ0n) is 10.7. The molecule has 0 bridgehead atoms. The maximum atomic E-state index is 12.2. The molecule has 4 heteroatoms. The number of carbonyl (C=O) groups excluding carboxylic acids is 1. The minimum absolute atomic E-state index is 0.185. The molecule has 0 fully saturated rings. The quantitative estimate of drug-likeness (QED) is 0.693. The van der Waals surface area contributed by atoms with E-state index in [9.17, 15) is 4.79 Å². The molecule has 18 heavy (non-hydrogen) atoms. The van der Waals surface area contributed by atoms with Crippen LogP contribution < -0.4 is 0 Å². The van der Waals surface area contributed by atoms with Crippen molar-refractivity contribution in [3.05, 3.63) is 34.9 Å². The van der Waals surface area contributed by atoms with E-state index >= 15 is 0 Å². The van der Waals surface area contributed by atoms with Gasteiger partial charge in [-0.15, -0.1) is 0 Å². The van der Waals surface area contributed by atoms with Gasteiger partial charge in [-0.1, -0.05) is 53.0 Å². The van der Waals surface area contributed by atoms with Crippen molar-refractivity contribution in [1.29, 1.82) is 0 Å². The van der Waals surface area contributed by atoms with E-state index in [1.165, 1.54) is 0 Å². The van der Waals surface area contributed by atoms with Crippen LogP contribution in [0.4, 0.5) is 0 Å². The van der Waals surface area contributed by atoms with Gasteiger partial charge in [-0.05, 0) is 24.1 Å². The van der Waals surface area contributed by atoms with Crippen molar-refractivity contribution in [1.82, 2.24) is 4.90 Å². The summed E-state index contributed by atoms with van der Waals surface area (Å²) in [5.41, 5.74) is 1.01. The van der Waals surface area contributed by atoms with Gasteiger partial charge >= 0.3 is 0 Å². The first kappa shape index (κ1) is 15.5. The topological polar surface area (TPSA) is 20.3 Å². The largest absolute Gasteiger partial charge is 0.342 e. The summed E-state index contributed by atoms with van der Waals surface area (Å²) < 4.78 is 0. The SMILES string of the molecule is CCCCN(CCBr)C(=O)Cc1ccc(Cl)cc1. The second kappa shape index (κ2) is 8.54. The molecule has 0 aliphatic carbocycles. The fourth-order valence-corrected chi connectivity index (χ4v) is 2.25. The zero-order chi connectivity index (χ0) is 13.4. The Kier molecular flexibility index (Phi) is 7.36. The number of rotatable bonds is 7. The number of alkyl halides is 1. The lowest BCUT2D eigenvalue weighted by Crippen LogP contribution is -2.34. The molecule has 1 amide bonds. The summed E-state index contributed by atoms with van der Waals surface area (Å²) in [6.07, 6.45) is 2.61. The first-order chi connectivity index (χ1) is 8.67. The van der Waals surface area contributed by atoms with E-state index in [4.69, 9.17) is 11.6 Å². The Labute approximate surface area is 122 Å². The van der Waals surface area contributed by atoms with Crippen molar-refractivity contribution in [2.75, 3.05) is 18.4 Å². The van der Waals surface area contributed by atoms with Crippen molar-refractivity contribution in [3.63, 3.8) is 0 Å². The number of hydrogen-bond acceptors (Lipinski definition) is 1. The molecule has 1 rings (SSSR count). The van der Waals surface area contributed by atoms with Gasteiger partial charge in [0.25, 0.3) is 0 Å². The van der Waals surface area contributed by atoms with Gasteiger partial charge in [-0.25, -0.2) is 0 Å². The molecule has 1 aromatic carbocycles. The van der Waals surface area contributed by atoms with Crippen LogP contribution in [0.15, 0.2) is 24.3 Å². The Hall–Kier alpha value is -0.540. The molecule has 0 aliphatic heterocycles. The van der Waals surface area contributed by atoms with Crippen LogP contribution in [0.5, 0.6) is 0 Å². The average molecular weight is 333 g/mol. The molecule has 2 nitrogen and oxygen atoms in total. The maximum Gasteiger partial charge on any atom is 0.227 e. The first-order valence-corrected chi connectivity index (χ1v) is 7.75. The van der Waals surface area contributed by atoms with Gasteiger partial charge < -0.3 is 4.90 Å². The van der Waals surface area contributed by atoms with E-state index in [1.807, 2.05) is 29.2 Å². The predicted octanol–water partition coefficient (Wildman–Crippen LogP) is 3.91. The predicted molar refractivity (Wildman–Crippen MR) is 80.4 cm³/mol. The van der Waals surface area contributed by atoms with Crippen molar-refractivity contribution in [3.8, 4) is 0 Å². The summed E-state index contributed by atoms with van der Waals surface area (Å²) >= 11 is 9.22. The molecule has 100 valence electrons. The minimum Gasteiger partial charge on any atom is -0.342 e. The van der Waals surface area contributed by atoms with E-state index in [0.29, 0.717) is 11.4 Å². The summed E-state index contributed by atoms with van der Waals surface area (Å²) in [6.45, 7) is 3.75.